The zero-order chi connectivity index (χ0) is 33.6. The molecule has 1 aliphatic heterocycles. The Labute approximate surface area is 269 Å². The second-order valence-corrected chi connectivity index (χ2v) is 12.0. The molecule has 2 aromatic rings. The van der Waals surface area contributed by atoms with Crippen molar-refractivity contribution in [1.29, 1.82) is 0 Å². The topological polar surface area (TPSA) is 213 Å². The van der Waals surface area contributed by atoms with E-state index in [-0.39, 0.29) is 29.6 Å². The normalized spacial score (nSPS) is 23.4. The summed E-state index contributed by atoms with van der Waals surface area (Å²) in [6.45, 7) is 5.56. The van der Waals surface area contributed by atoms with Gasteiger partial charge in [-0.25, -0.2) is 37.0 Å². The van der Waals surface area contributed by atoms with Crippen LogP contribution in [0.2, 0.25) is 0 Å². The number of nitrogen functional groups attached to an aromatic ring is 1. The summed E-state index contributed by atoms with van der Waals surface area (Å²) in [5, 5.41) is 0. The molecule has 2 aromatic heterocycles. The number of hydrogen-bond acceptors (Lipinski definition) is 17. The molecule has 254 valence electrons. The molecule has 45 heavy (non-hydrogen) atoms. The third kappa shape index (κ3) is 9.20. The standard InChI is InChI=1S/C23H33F2IN5O13P/c1-7-35-16-14-15(29-19(27)30-16)31(9-28-14)18-22(6,24)17(44-26)23(25,43-18)8-38-45(34,39-10-36-20(32)41-12(2)3)40-11-37-21(33)42-13(4)5/h9,12-13,17-18H,7-8,10-11H2,1-6H3,(H2,27,29,30)/t17-,18+,22+,23+/m0/s1. The minimum Gasteiger partial charge on any atom is -0.476 e. The third-order valence-electron chi connectivity index (χ3n) is 5.58. The Bertz CT molecular complexity index is 1350. The lowest BCUT2D eigenvalue weighted by atomic mass is 9.97. The zero-order valence-corrected chi connectivity index (χ0v) is 28.0. The summed E-state index contributed by atoms with van der Waals surface area (Å²) in [6.07, 6.45) is -6.23. The van der Waals surface area contributed by atoms with E-state index in [0.29, 0.717) is 0 Å². The van der Waals surface area contributed by atoms with Gasteiger partial charge in [-0.3, -0.25) is 9.09 Å². The van der Waals surface area contributed by atoms with Crippen LogP contribution in [-0.4, -0.2) is 88.5 Å². The van der Waals surface area contributed by atoms with Gasteiger partial charge in [0, 0.05) is 0 Å². The van der Waals surface area contributed by atoms with Gasteiger partial charge in [0.25, 0.3) is 5.85 Å². The molecule has 0 amide bonds. The summed E-state index contributed by atoms with van der Waals surface area (Å²) >= 11 is 1.27. The molecule has 2 N–H and O–H groups in total. The molecule has 0 radical (unpaired) electrons. The Morgan fingerprint density at radius 2 is 1.67 bits per heavy atom. The van der Waals surface area contributed by atoms with Gasteiger partial charge >= 0.3 is 20.1 Å². The predicted octanol–water partition coefficient (Wildman–Crippen LogP) is 4.66. The molecule has 0 saturated carbocycles. The van der Waals surface area contributed by atoms with Gasteiger partial charge in [0.05, 0.1) is 25.1 Å². The van der Waals surface area contributed by atoms with Crippen LogP contribution < -0.4 is 10.5 Å². The number of nitrogens with zero attached hydrogens (tertiary/aromatic N) is 4. The molecule has 0 unspecified atom stereocenters. The van der Waals surface area contributed by atoms with Crippen molar-refractivity contribution in [2.24, 2.45) is 0 Å². The molecule has 1 aliphatic rings. The summed E-state index contributed by atoms with van der Waals surface area (Å²) in [6, 6.07) is 0. The maximum absolute atomic E-state index is 16.4. The Morgan fingerprint density at radius 3 is 2.18 bits per heavy atom. The number of phosphoric ester groups is 1. The van der Waals surface area contributed by atoms with Gasteiger partial charge in [0.2, 0.25) is 25.4 Å². The van der Waals surface area contributed by atoms with Gasteiger partial charge in [-0.1, -0.05) is 0 Å². The summed E-state index contributed by atoms with van der Waals surface area (Å²) in [5.41, 5.74) is 3.16. The molecular weight excluding hydrogens is 750 g/mol. The molecule has 0 bridgehead atoms. The number of hydrogen-bond donors (Lipinski definition) is 1. The van der Waals surface area contributed by atoms with E-state index in [1.165, 1.54) is 23.0 Å². The summed E-state index contributed by atoms with van der Waals surface area (Å²) < 4.78 is 96.9. The monoisotopic (exact) mass is 783 g/mol. The maximum atomic E-state index is 16.4. The number of phosphoric acid groups is 1. The summed E-state index contributed by atoms with van der Waals surface area (Å²) in [4.78, 5) is 35.5. The minimum absolute atomic E-state index is 0.00284. The second-order valence-electron chi connectivity index (χ2n) is 9.86. The average Bonchev–Trinajstić information content (AvgIpc) is 3.42. The number of carbonyl (C=O) groups excluding carboxylic acids is 2. The van der Waals surface area contributed by atoms with Crippen molar-refractivity contribution in [2.45, 2.75) is 77.6 Å². The van der Waals surface area contributed by atoms with Crippen LogP contribution in [0.3, 0.4) is 0 Å². The first-order chi connectivity index (χ1) is 21.0. The van der Waals surface area contributed by atoms with Crippen LogP contribution in [0.1, 0.15) is 47.8 Å². The number of ether oxygens (including phenoxy) is 6. The van der Waals surface area contributed by atoms with Crippen molar-refractivity contribution in [2.75, 3.05) is 32.5 Å². The maximum Gasteiger partial charge on any atom is 0.510 e. The first kappa shape index (κ1) is 36.8. The van der Waals surface area contributed by atoms with Gasteiger partial charge in [0.1, 0.15) is 29.6 Å². The quantitative estimate of drug-likeness (QED) is 0.113. The van der Waals surface area contributed by atoms with Crippen LogP contribution in [0.4, 0.5) is 24.3 Å². The Morgan fingerprint density at radius 1 is 1.09 bits per heavy atom. The molecule has 4 atom stereocenters. The van der Waals surface area contributed by atoms with Gasteiger partial charge in [-0.05, 0) is 41.5 Å². The Balaban J connectivity index is 1.83. The van der Waals surface area contributed by atoms with E-state index >= 15 is 8.78 Å². The first-order valence-electron chi connectivity index (χ1n) is 13.2. The lowest BCUT2D eigenvalue weighted by Gasteiger charge is -2.28. The highest BCUT2D eigenvalue weighted by Crippen LogP contribution is 2.55. The van der Waals surface area contributed by atoms with E-state index in [9.17, 15) is 14.2 Å². The van der Waals surface area contributed by atoms with Crippen LogP contribution in [0.15, 0.2) is 6.33 Å². The van der Waals surface area contributed by atoms with Crippen molar-refractivity contribution in [3.8, 4) is 5.88 Å². The second kappa shape index (κ2) is 15.3. The highest BCUT2D eigenvalue weighted by molar-refractivity contribution is 14.1. The predicted molar refractivity (Wildman–Crippen MR) is 154 cm³/mol. The molecule has 0 spiro atoms. The van der Waals surface area contributed by atoms with E-state index < -0.39 is 76.4 Å². The molecule has 3 rings (SSSR count). The van der Waals surface area contributed by atoms with Crippen molar-refractivity contribution >= 4 is 60.3 Å². The molecule has 18 nitrogen and oxygen atoms in total. The van der Waals surface area contributed by atoms with Gasteiger partial charge in [0.15, 0.2) is 29.2 Å². The van der Waals surface area contributed by atoms with Crippen LogP contribution >= 0.6 is 30.8 Å². The molecule has 1 saturated heterocycles. The first-order valence-corrected chi connectivity index (χ1v) is 15.6. The van der Waals surface area contributed by atoms with E-state index in [1.807, 2.05) is 0 Å². The molecule has 22 heteroatoms. The SMILES string of the molecule is CCOc1nc(N)nc2c1ncn2[C@@H]1O[C@](F)(COP(=O)(OCOC(=O)OC(C)C)OCOC(=O)OC(C)C)[C@@H](OI)[C@@]1(C)F. The number of rotatable bonds is 15. The van der Waals surface area contributed by atoms with Crippen LogP contribution in [0.5, 0.6) is 5.88 Å². The molecule has 3 heterocycles. The highest BCUT2D eigenvalue weighted by Gasteiger charge is 2.66. The number of anilines is 1. The van der Waals surface area contributed by atoms with Crippen molar-refractivity contribution < 1.29 is 68.0 Å². The highest BCUT2D eigenvalue weighted by atomic mass is 127. The lowest BCUT2D eigenvalue weighted by Crippen LogP contribution is -2.47. The van der Waals surface area contributed by atoms with Crippen molar-refractivity contribution in [3.63, 3.8) is 0 Å². The number of nitrogens with two attached hydrogens (primary N) is 1. The van der Waals surface area contributed by atoms with E-state index in [0.717, 1.165) is 17.8 Å². The lowest BCUT2D eigenvalue weighted by molar-refractivity contribution is -0.197. The van der Waals surface area contributed by atoms with E-state index in [4.69, 9.17) is 41.3 Å². The smallest absolute Gasteiger partial charge is 0.476 e. The number of halogens is 3. The van der Waals surface area contributed by atoms with Crippen LogP contribution in [-0.2, 0) is 44.9 Å². The van der Waals surface area contributed by atoms with Gasteiger partial charge < -0.3 is 37.2 Å². The van der Waals surface area contributed by atoms with Gasteiger partial charge in [-0.2, -0.15) is 9.97 Å². The van der Waals surface area contributed by atoms with Crippen LogP contribution in [0.25, 0.3) is 11.2 Å². The minimum atomic E-state index is -4.95. The summed E-state index contributed by atoms with van der Waals surface area (Å²) in [7, 11) is -4.95. The Kier molecular flexibility index (Phi) is 12.5. The molecule has 0 aliphatic carbocycles. The average molecular weight is 783 g/mol. The fourth-order valence-electron chi connectivity index (χ4n) is 3.83. The number of alkyl halides is 2. The fourth-order valence-corrected chi connectivity index (χ4v) is 5.63. The third-order valence-corrected chi connectivity index (χ3v) is 7.38. The largest absolute Gasteiger partial charge is 0.510 e. The van der Waals surface area contributed by atoms with Crippen LogP contribution in [0, 0.1) is 0 Å². The zero-order valence-electron chi connectivity index (χ0n) is 25.0. The van der Waals surface area contributed by atoms with Crippen molar-refractivity contribution in [1.82, 2.24) is 19.5 Å². The molecular formula is C23H33F2IN5O13P. The van der Waals surface area contributed by atoms with E-state index in [1.54, 1.807) is 34.6 Å². The van der Waals surface area contributed by atoms with Crippen molar-refractivity contribution in [3.05, 3.63) is 6.33 Å². The fraction of sp³-hybridized carbons (Fsp3) is 0.696. The number of aromatic nitrogens is 4. The number of carbonyl (C=O) groups is 2. The van der Waals surface area contributed by atoms with E-state index in [2.05, 4.69) is 24.4 Å². The summed E-state index contributed by atoms with van der Waals surface area (Å²) in [5.74, 6) is -3.41. The Hall–Kier alpha value is -2.69. The molecule has 0 aromatic carbocycles. The molecule has 1 fully saturated rings. The van der Waals surface area contributed by atoms with Gasteiger partial charge in [-0.15, -0.1) is 0 Å². The number of imidazole rings is 1. The number of fused-ring (bicyclic) bond motifs is 1.